The van der Waals surface area contributed by atoms with E-state index in [1.165, 1.54) is 0 Å². The van der Waals surface area contributed by atoms with E-state index in [1.807, 2.05) is 53.6 Å². The van der Waals surface area contributed by atoms with Gasteiger partial charge < -0.3 is 14.6 Å². The second-order valence-corrected chi connectivity index (χ2v) is 6.06. The van der Waals surface area contributed by atoms with E-state index in [4.69, 9.17) is 4.74 Å². The molecule has 2 aromatic heterocycles. The standard InChI is InChI=1S/C19H19N3O2/c23-19(15-4-5-17-14(13-15)6-10-20-17)22-11-7-16(8-12-22)24-18-3-1-2-9-21-18/h1-6,9-10,13,16,20H,7-8,11-12H2. The molecule has 1 aliphatic rings. The molecular weight excluding hydrogens is 302 g/mol. The van der Waals surface area contributed by atoms with Gasteiger partial charge in [-0.3, -0.25) is 4.79 Å². The molecule has 0 spiro atoms. The fourth-order valence-corrected chi connectivity index (χ4v) is 3.13. The van der Waals surface area contributed by atoms with Crippen molar-refractivity contribution in [1.29, 1.82) is 0 Å². The number of ether oxygens (including phenoxy) is 1. The third-order valence-electron chi connectivity index (χ3n) is 4.45. The van der Waals surface area contributed by atoms with Gasteiger partial charge in [-0.15, -0.1) is 0 Å². The largest absolute Gasteiger partial charge is 0.474 e. The van der Waals surface area contributed by atoms with Crippen LogP contribution in [0.2, 0.25) is 0 Å². The van der Waals surface area contributed by atoms with Gasteiger partial charge in [0.2, 0.25) is 5.88 Å². The third-order valence-corrected chi connectivity index (χ3v) is 4.45. The molecule has 0 unspecified atom stereocenters. The fraction of sp³-hybridized carbons (Fsp3) is 0.263. The van der Waals surface area contributed by atoms with Gasteiger partial charge in [0.25, 0.3) is 5.91 Å². The molecule has 1 N–H and O–H groups in total. The summed E-state index contributed by atoms with van der Waals surface area (Å²) in [4.78, 5) is 21.9. The number of nitrogens with zero attached hydrogens (tertiary/aromatic N) is 2. The van der Waals surface area contributed by atoms with Crippen molar-refractivity contribution in [3.8, 4) is 5.88 Å². The molecule has 122 valence electrons. The highest BCUT2D eigenvalue weighted by molar-refractivity contribution is 5.98. The van der Waals surface area contributed by atoms with Crippen molar-refractivity contribution in [3.63, 3.8) is 0 Å². The van der Waals surface area contributed by atoms with E-state index in [0.717, 1.165) is 29.3 Å². The molecular formula is C19H19N3O2. The molecule has 4 rings (SSSR count). The molecule has 0 radical (unpaired) electrons. The van der Waals surface area contributed by atoms with Crippen molar-refractivity contribution >= 4 is 16.8 Å². The predicted molar refractivity (Wildman–Crippen MR) is 92.1 cm³/mol. The fourth-order valence-electron chi connectivity index (χ4n) is 3.13. The monoisotopic (exact) mass is 321 g/mol. The molecule has 1 aromatic carbocycles. The maximum Gasteiger partial charge on any atom is 0.253 e. The summed E-state index contributed by atoms with van der Waals surface area (Å²) in [6, 6.07) is 13.4. The lowest BCUT2D eigenvalue weighted by atomic mass is 10.1. The number of piperidine rings is 1. The maximum absolute atomic E-state index is 12.7. The SMILES string of the molecule is O=C(c1ccc2[nH]ccc2c1)N1CCC(Oc2ccccn2)CC1. The molecule has 1 aliphatic heterocycles. The first-order chi connectivity index (χ1) is 11.8. The first-order valence-corrected chi connectivity index (χ1v) is 8.24. The molecule has 3 aromatic rings. The number of rotatable bonds is 3. The predicted octanol–water partition coefficient (Wildman–Crippen LogP) is 3.25. The number of carbonyl (C=O) groups is 1. The Kier molecular flexibility index (Phi) is 3.91. The molecule has 1 amide bonds. The van der Waals surface area contributed by atoms with Crippen LogP contribution in [-0.2, 0) is 0 Å². The molecule has 0 saturated carbocycles. The Bertz CT molecular complexity index is 836. The minimum Gasteiger partial charge on any atom is -0.474 e. The van der Waals surface area contributed by atoms with Crippen molar-refractivity contribution in [2.75, 3.05) is 13.1 Å². The lowest BCUT2D eigenvalue weighted by Crippen LogP contribution is -2.41. The van der Waals surface area contributed by atoms with Gasteiger partial charge in [-0.2, -0.15) is 0 Å². The Morgan fingerprint density at radius 2 is 2.04 bits per heavy atom. The minimum atomic E-state index is 0.0920. The number of likely N-dealkylation sites (tertiary alicyclic amines) is 1. The summed E-state index contributed by atoms with van der Waals surface area (Å²) in [5, 5.41) is 1.06. The number of hydrogen-bond acceptors (Lipinski definition) is 3. The molecule has 5 heteroatoms. The van der Waals surface area contributed by atoms with Gasteiger partial charge in [-0.25, -0.2) is 4.98 Å². The van der Waals surface area contributed by atoms with Crippen LogP contribution in [0, 0.1) is 0 Å². The third kappa shape index (κ3) is 2.97. The highest BCUT2D eigenvalue weighted by Gasteiger charge is 2.25. The average Bonchev–Trinajstić information content (AvgIpc) is 3.10. The zero-order chi connectivity index (χ0) is 16.4. The van der Waals surface area contributed by atoms with Crippen LogP contribution in [-0.4, -0.2) is 40.0 Å². The van der Waals surface area contributed by atoms with Crippen LogP contribution in [0.4, 0.5) is 0 Å². The topological polar surface area (TPSA) is 58.2 Å². The van der Waals surface area contributed by atoms with Crippen molar-refractivity contribution < 1.29 is 9.53 Å². The van der Waals surface area contributed by atoms with Crippen LogP contribution >= 0.6 is 0 Å². The highest BCUT2D eigenvalue weighted by Crippen LogP contribution is 2.20. The van der Waals surface area contributed by atoms with E-state index in [1.54, 1.807) is 6.20 Å². The Labute approximate surface area is 140 Å². The Balaban J connectivity index is 1.39. The second-order valence-electron chi connectivity index (χ2n) is 6.06. The molecule has 0 atom stereocenters. The zero-order valence-electron chi connectivity index (χ0n) is 13.3. The summed E-state index contributed by atoms with van der Waals surface area (Å²) in [5.41, 5.74) is 1.79. The number of aromatic amines is 1. The molecule has 5 nitrogen and oxygen atoms in total. The van der Waals surface area contributed by atoms with E-state index in [2.05, 4.69) is 9.97 Å². The maximum atomic E-state index is 12.7. The summed E-state index contributed by atoms with van der Waals surface area (Å²) < 4.78 is 5.88. The lowest BCUT2D eigenvalue weighted by Gasteiger charge is -2.32. The van der Waals surface area contributed by atoms with Crippen LogP contribution < -0.4 is 4.74 Å². The van der Waals surface area contributed by atoms with Crippen LogP contribution in [0.3, 0.4) is 0 Å². The van der Waals surface area contributed by atoms with Gasteiger partial charge in [0.1, 0.15) is 6.10 Å². The average molecular weight is 321 g/mol. The van der Waals surface area contributed by atoms with Gasteiger partial charge in [0, 0.05) is 60.9 Å². The number of aromatic nitrogens is 2. The van der Waals surface area contributed by atoms with Crippen molar-refractivity contribution in [3.05, 3.63) is 60.4 Å². The lowest BCUT2D eigenvalue weighted by molar-refractivity contribution is 0.0588. The Morgan fingerprint density at radius 1 is 1.17 bits per heavy atom. The van der Waals surface area contributed by atoms with Crippen LogP contribution in [0.15, 0.2) is 54.9 Å². The van der Waals surface area contributed by atoms with E-state index >= 15 is 0 Å². The number of pyridine rings is 1. The summed E-state index contributed by atoms with van der Waals surface area (Å²) in [7, 11) is 0. The van der Waals surface area contributed by atoms with Gasteiger partial charge in [0.05, 0.1) is 0 Å². The first-order valence-electron chi connectivity index (χ1n) is 8.24. The number of nitrogens with one attached hydrogen (secondary N) is 1. The van der Waals surface area contributed by atoms with E-state index in [-0.39, 0.29) is 12.0 Å². The number of benzene rings is 1. The summed E-state index contributed by atoms with van der Waals surface area (Å²) in [6.45, 7) is 1.42. The van der Waals surface area contributed by atoms with Crippen molar-refractivity contribution in [1.82, 2.24) is 14.9 Å². The molecule has 1 saturated heterocycles. The van der Waals surface area contributed by atoms with Crippen LogP contribution in [0.25, 0.3) is 10.9 Å². The van der Waals surface area contributed by atoms with E-state index in [9.17, 15) is 4.79 Å². The quantitative estimate of drug-likeness (QED) is 0.805. The van der Waals surface area contributed by atoms with Crippen LogP contribution in [0.1, 0.15) is 23.2 Å². The molecule has 24 heavy (non-hydrogen) atoms. The second kappa shape index (κ2) is 6.35. The molecule has 0 bridgehead atoms. The van der Waals surface area contributed by atoms with Gasteiger partial charge in [-0.1, -0.05) is 6.07 Å². The Morgan fingerprint density at radius 3 is 2.83 bits per heavy atom. The number of carbonyl (C=O) groups excluding carboxylic acids is 1. The first kappa shape index (κ1) is 14.8. The Hall–Kier alpha value is -2.82. The summed E-state index contributed by atoms with van der Waals surface area (Å²) in [5.74, 6) is 0.745. The van der Waals surface area contributed by atoms with E-state index in [0.29, 0.717) is 19.0 Å². The van der Waals surface area contributed by atoms with Crippen LogP contribution in [0.5, 0.6) is 5.88 Å². The zero-order valence-corrected chi connectivity index (χ0v) is 13.3. The summed E-state index contributed by atoms with van der Waals surface area (Å²) in [6.07, 6.45) is 5.39. The van der Waals surface area contributed by atoms with E-state index < -0.39 is 0 Å². The normalized spacial score (nSPS) is 15.6. The molecule has 0 aliphatic carbocycles. The molecule has 3 heterocycles. The smallest absolute Gasteiger partial charge is 0.253 e. The number of H-pyrrole nitrogens is 1. The number of amides is 1. The van der Waals surface area contributed by atoms with Crippen molar-refractivity contribution in [2.45, 2.75) is 18.9 Å². The summed E-state index contributed by atoms with van der Waals surface area (Å²) >= 11 is 0. The van der Waals surface area contributed by atoms with Gasteiger partial charge >= 0.3 is 0 Å². The number of hydrogen-bond donors (Lipinski definition) is 1. The highest BCUT2D eigenvalue weighted by atomic mass is 16.5. The number of fused-ring (bicyclic) bond motifs is 1. The van der Waals surface area contributed by atoms with Gasteiger partial charge in [-0.05, 0) is 30.3 Å². The molecule has 1 fully saturated rings. The van der Waals surface area contributed by atoms with Gasteiger partial charge in [0.15, 0.2) is 0 Å². The minimum absolute atomic E-state index is 0.0920. The van der Waals surface area contributed by atoms with Crippen molar-refractivity contribution in [2.24, 2.45) is 0 Å².